The first-order valence-electron chi connectivity index (χ1n) is 9.37. The van der Waals surface area contributed by atoms with Crippen LogP contribution in [0.2, 0.25) is 0 Å². The number of pyridine rings is 1. The van der Waals surface area contributed by atoms with Crippen LogP contribution in [0, 0.1) is 5.82 Å². The Morgan fingerprint density at radius 3 is 2.65 bits per heavy atom. The van der Waals surface area contributed by atoms with Gasteiger partial charge in [-0.3, -0.25) is 14.3 Å². The van der Waals surface area contributed by atoms with E-state index in [9.17, 15) is 19.8 Å². The Kier molecular flexibility index (Phi) is 5.04. The third-order valence-electron chi connectivity index (χ3n) is 4.94. The molecule has 1 amide bonds. The van der Waals surface area contributed by atoms with Crippen LogP contribution in [0.25, 0.3) is 16.6 Å². The highest BCUT2D eigenvalue weighted by Gasteiger charge is 2.21. The molecule has 3 heterocycles. The van der Waals surface area contributed by atoms with E-state index >= 15 is 4.39 Å². The van der Waals surface area contributed by atoms with E-state index < -0.39 is 11.7 Å². The molecule has 0 fully saturated rings. The maximum absolute atomic E-state index is 15.2. The number of halogens is 1. The molecule has 8 nitrogen and oxygen atoms in total. The molecule has 158 valence electrons. The second kappa shape index (κ2) is 7.69. The van der Waals surface area contributed by atoms with Gasteiger partial charge < -0.3 is 19.9 Å². The molecule has 0 saturated carbocycles. The van der Waals surface area contributed by atoms with Crippen molar-refractivity contribution < 1.29 is 24.2 Å². The summed E-state index contributed by atoms with van der Waals surface area (Å²) in [6.45, 7) is 1.01. The Morgan fingerprint density at radius 2 is 2.00 bits per heavy atom. The van der Waals surface area contributed by atoms with Gasteiger partial charge in [-0.05, 0) is 29.8 Å². The average Bonchev–Trinajstić information content (AvgIpc) is 3.33. The fourth-order valence-electron chi connectivity index (χ4n) is 3.47. The van der Waals surface area contributed by atoms with E-state index in [-0.39, 0.29) is 40.6 Å². The molecular weight excluding hydrogens is 403 g/mol. The van der Waals surface area contributed by atoms with Gasteiger partial charge in [0.05, 0.1) is 35.3 Å². The smallest absolute Gasteiger partial charge is 0.257 e. The van der Waals surface area contributed by atoms with Crippen LogP contribution >= 0.6 is 0 Å². The van der Waals surface area contributed by atoms with Gasteiger partial charge in [-0.1, -0.05) is 0 Å². The maximum Gasteiger partial charge on any atom is 0.257 e. The predicted octanol–water partition coefficient (Wildman–Crippen LogP) is 3.13. The Balaban J connectivity index is 1.79. The van der Waals surface area contributed by atoms with Gasteiger partial charge in [0.1, 0.15) is 5.75 Å². The minimum absolute atomic E-state index is 0.0814. The minimum Gasteiger partial charge on any atom is -0.508 e. The highest BCUT2D eigenvalue weighted by atomic mass is 19.1. The summed E-state index contributed by atoms with van der Waals surface area (Å²) in [5.41, 5.74) is 1.59. The number of aliphatic hydroxyl groups is 1. The number of carbonyl (C=O) groups excluding carboxylic acids is 2. The molecule has 0 aliphatic rings. The Morgan fingerprint density at radius 1 is 1.23 bits per heavy atom. The number of nitrogens with zero attached hydrogens (tertiary/aromatic N) is 3. The van der Waals surface area contributed by atoms with Crippen molar-refractivity contribution in [2.45, 2.75) is 13.5 Å². The molecule has 0 spiro atoms. The van der Waals surface area contributed by atoms with Crippen molar-refractivity contribution >= 4 is 22.9 Å². The second-order valence-electron chi connectivity index (χ2n) is 7.16. The fourth-order valence-corrected chi connectivity index (χ4v) is 3.47. The van der Waals surface area contributed by atoms with Crippen molar-refractivity contribution in [2.75, 3.05) is 5.32 Å². The first-order chi connectivity index (χ1) is 14.8. The lowest BCUT2D eigenvalue weighted by Crippen LogP contribution is -2.13. The first-order valence-corrected chi connectivity index (χ1v) is 9.37. The standard InChI is InChI=1S/C22H19FN4O4/c1-12(29)19-8-17(20-7-15(30)3-4-27(19)20)22(31)25-18-6-13(11-28)5-16(21(18)23)14-9-24-26(2)10-14/h3-10,28,30H,11H2,1-2H3,(H,25,31). The quantitative estimate of drug-likeness (QED) is 0.428. The lowest BCUT2D eigenvalue weighted by molar-refractivity contribution is 0.101. The van der Waals surface area contributed by atoms with Crippen LogP contribution in [-0.4, -0.2) is 36.1 Å². The van der Waals surface area contributed by atoms with Crippen LogP contribution in [0.3, 0.4) is 0 Å². The normalized spacial score (nSPS) is 11.1. The molecule has 3 N–H and O–H groups in total. The van der Waals surface area contributed by atoms with E-state index in [1.54, 1.807) is 13.2 Å². The van der Waals surface area contributed by atoms with E-state index in [0.717, 1.165) is 0 Å². The molecule has 4 aromatic rings. The number of aryl methyl sites for hydroxylation is 1. The first kappa shape index (κ1) is 20.3. The van der Waals surface area contributed by atoms with Crippen molar-refractivity contribution in [3.8, 4) is 16.9 Å². The summed E-state index contributed by atoms with van der Waals surface area (Å²) in [5.74, 6) is -1.70. The number of hydrogen-bond donors (Lipinski definition) is 3. The van der Waals surface area contributed by atoms with Crippen molar-refractivity contribution in [1.82, 2.24) is 14.2 Å². The number of aromatic nitrogens is 3. The van der Waals surface area contributed by atoms with Crippen LogP contribution < -0.4 is 5.32 Å². The van der Waals surface area contributed by atoms with E-state index in [0.29, 0.717) is 16.6 Å². The largest absolute Gasteiger partial charge is 0.508 e. The van der Waals surface area contributed by atoms with Crippen molar-refractivity contribution in [3.05, 3.63) is 71.6 Å². The van der Waals surface area contributed by atoms with Crippen molar-refractivity contribution in [2.24, 2.45) is 7.05 Å². The van der Waals surface area contributed by atoms with Crippen molar-refractivity contribution in [1.29, 1.82) is 0 Å². The van der Waals surface area contributed by atoms with E-state index in [4.69, 9.17) is 0 Å². The highest BCUT2D eigenvalue weighted by Crippen LogP contribution is 2.30. The van der Waals surface area contributed by atoms with E-state index in [1.807, 2.05) is 0 Å². The molecule has 0 bridgehead atoms. The van der Waals surface area contributed by atoms with Crippen molar-refractivity contribution in [3.63, 3.8) is 0 Å². The van der Waals surface area contributed by atoms with Gasteiger partial charge in [0.2, 0.25) is 0 Å². The molecule has 31 heavy (non-hydrogen) atoms. The highest BCUT2D eigenvalue weighted by molar-refractivity contribution is 6.11. The number of amides is 1. The summed E-state index contributed by atoms with van der Waals surface area (Å²) < 4.78 is 18.2. The number of fused-ring (bicyclic) bond motifs is 1. The topological polar surface area (TPSA) is 109 Å². The summed E-state index contributed by atoms with van der Waals surface area (Å²) in [7, 11) is 1.69. The van der Waals surface area contributed by atoms with E-state index in [2.05, 4.69) is 10.4 Å². The molecule has 0 saturated heterocycles. The van der Waals surface area contributed by atoms with Gasteiger partial charge in [0.15, 0.2) is 11.6 Å². The molecule has 0 radical (unpaired) electrons. The lowest BCUT2D eigenvalue weighted by atomic mass is 10.0. The zero-order chi connectivity index (χ0) is 22.3. The fraction of sp³-hybridized carbons (Fsp3) is 0.136. The number of carbonyl (C=O) groups is 2. The molecule has 3 aromatic heterocycles. The lowest BCUT2D eigenvalue weighted by Gasteiger charge is -2.11. The number of nitrogens with one attached hydrogen (secondary N) is 1. The third kappa shape index (κ3) is 3.66. The SMILES string of the molecule is CC(=O)c1cc(C(=O)Nc2cc(CO)cc(-c3cnn(C)c3)c2F)c2cc(O)ccn12. The summed E-state index contributed by atoms with van der Waals surface area (Å²) >= 11 is 0. The zero-order valence-electron chi connectivity index (χ0n) is 16.8. The van der Waals surface area contributed by atoms with Crippen LogP contribution in [0.15, 0.2) is 48.9 Å². The predicted molar refractivity (Wildman–Crippen MR) is 112 cm³/mol. The van der Waals surface area contributed by atoms with E-state index in [1.165, 1.54) is 58.7 Å². The average molecular weight is 422 g/mol. The second-order valence-corrected chi connectivity index (χ2v) is 7.16. The molecule has 4 rings (SSSR count). The summed E-state index contributed by atoms with van der Waals surface area (Å²) in [5, 5.41) is 26.0. The van der Waals surface area contributed by atoms with Crippen LogP contribution in [0.5, 0.6) is 5.75 Å². The molecule has 0 unspecified atom stereocenters. The Labute approximate surface area is 176 Å². The van der Waals surface area contributed by atoms with Gasteiger partial charge >= 0.3 is 0 Å². The molecule has 1 aromatic carbocycles. The van der Waals surface area contributed by atoms with Gasteiger partial charge in [-0.15, -0.1) is 0 Å². The molecule has 0 aliphatic carbocycles. The minimum atomic E-state index is -0.684. The maximum atomic E-state index is 15.2. The number of Topliss-reactive ketones (excluding diaryl/α,β-unsaturated/α-hetero) is 1. The van der Waals surface area contributed by atoms with Gasteiger partial charge in [0.25, 0.3) is 5.91 Å². The number of aliphatic hydroxyl groups excluding tert-OH is 1. The Bertz CT molecular complexity index is 1340. The Hall–Kier alpha value is -3.98. The molecular formula is C22H19FN4O4. The number of anilines is 1. The monoisotopic (exact) mass is 422 g/mol. The van der Waals surface area contributed by atoms with Crippen LogP contribution in [0.4, 0.5) is 10.1 Å². The van der Waals surface area contributed by atoms with Gasteiger partial charge in [-0.2, -0.15) is 5.10 Å². The van der Waals surface area contributed by atoms with Gasteiger partial charge in [-0.25, -0.2) is 4.39 Å². The summed E-state index contributed by atoms with van der Waals surface area (Å²) in [6, 6.07) is 6.97. The number of ketones is 1. The number of hydrogen-bond acceptors (Lipinski definition) is 5. The molecule has 0 aliphatic heterocycles. The summed E-state index contributed by atoms with van der Waals surface area (Å²) in [6.07, 6.45) is 4.58. The number of aromatic hydroxyl groups is 1. The summed E-state index contributed by atoms with van der Waals surface area (Å²) in [4.78, 5) is 25.0. The molecule has 9 heteroatoms. The molecule has 0 atom stereocenters. The number of rotatable bonds is 5. The van der Waals surface area contributed by atoms with Crippen LogP contribution in [0.1, 0.15) is 33.3 Å². The zero-order valence-corrected chi connectivity index (χ0v) is 16.8. The number of benzene rings is 1. The van der Waals surface area contributed by atoms with Crippen LogP contribution in [-0.2, 0) is 13.7 Å². The van der Waals surface area contributed by atoms with Gasteiger partial charge in [0, 0.05) is 43.6 Å². The third-order valence-corrected chi connectivity index (χ3v) is 4.94.